The standard InChI is InChI=1S/C19H16BrN3O3/c1-11-17(12-6-2-4-8-14(12)22-11)18(25)19(26)21-10-16(24)23-15-9-5-3-7-13(15)20/h2-9,22H,10H2,1H3,(H,21,26)(H,23,24). The summed E-state index contributed by atoms with van der Waals surface area (Å²) in [5.74, 6) is -1.91. The summed E-state index contributed by atoms with van der Waals surface area (Å²) in [4.78, 5) is 39.8. The second-order valence-corrected chi connectivity index (χ2v) is 6.56. The predicted octanol–water partition coefficient (Wildman–Crippen LogP) is 3.18. The van der Waals surface area contributed by atoms with Crippen LogP contribution in [0.25, 0.3) is 10.9 Å². The van der Waals surface area contributed by atoms with E-state index in [9.17, 15) is 14.4 Å². The molecule has 0 unspecified atom stereocenters. The quantitative estimate of drug-likeness (QED) is 0.443. The van der Waals surface area contributed by atoms with Crippen LogP contribution in [0.3, 0.4) is 0 Å². The van der Waals surface area contributed by atoms with E-state index in [1.165, 1.54) is 0 Å². The molecule has 0 saturated heterocycles. The van der Waals surface area contributed by atoms with Gasteiger partial charge in [-0.2, -0.15) is 0 Å². The van der Waals surface area contributed by atoms with Gasteiger partial charge in [-0.25, -0.2) is 0 Å². The minimum absolute atomic E-state index is 0.298. The normalized spacial score (nSPS) is 10.5. The zero-order valence-corrected chi connectivity index (χ0v) is 15.5. The Balaban J connectivity index is 1.66. The van der Waals surface area contributed by atoms with E-state index in [1.807, 2.05) is 18.2 Å². The molecule has 0 spiro atoms. The summed E-state index contributed by atoms with van der Waals surface area (Å²) < 4.78 is 0.727. The van der Waals surface area contributed by atoms with E-state index in [2.05, 4.69) is 31.5 Å². The summed E-state index contributed by atoms with van der Waals surface area (Å²) >= 11 is 3.33. The molecule has 3 aromatic rings. The lowest BCUT2D eigenvalue weighted by Crippen LogP contribution is -2.37. The van der Waals surface area contributed by atoms with E-state index in [-0.39, 0.29) is 6.54 Å². The number of amides is 2. The van der Waals surface area contributed by atoms with Crippen molar-refractivity contribution in [2.45, 2.75) is 6.92 Å². The first-order valence-corrected chi connectivity index (χ1v) is 8.71. The molecule has 0 aliphatic heterocycles. The fourth-order valence-corrected chi connectivity index (χ4v) is 3.06. The SMILES string of the molecule is Cc1[nH]c2ccccc2c1C(=O)C(=O)NCC(=O)Nc1ccccc1Br. The number of benzene rings is 2. The van der Waals surface area contributed by atoms with Crippen molar-refractivity contribution in [1.82, 2.24) is 10.3 Å². The van der Waals surface area contributed by atoms with Crippen LogP contribution >= 0.6 is 15.9 Å². The number of hydrogen-bond donors (Lipinski definition) is 3. The molecule has 1 heterocycles. The molecule has 0 aliphatic rings. The lowest BCUT2D eigenvalue weighted by atomic mass is 10.1. The summed E-state index contributed by atoms with van der Waals surface area (Å²) in [6.07, 6.45) is 0. The van der Waals surface area contributed by atoms with Crippen molar-refractivity contribution >= 4 is 50.1 Å². The first-order chi connectivity index (χ1) is 12.5. The Kier molecular flexibility index (Phi) is 5.18. The number of carbonyl (C=O) groups is 3. The third-order valence-electron chi connectivity index (χ3n) is 3.88. The number of rotatable bonds is 5. The average Bonchev–Trinajstić information content (AvgIpc) is 2.96. The first-order valence-electron chi connectivity index (χ1n) is 7.91. The number of hydrogen-bond acceptors (Lipinski definition) is 3. The Hall–Kier alpha value is -2.93. The number of carbonyl (C=O) groups excluding carboxylic acids is 3. The van der Waals surface area contributed by atoms with Crippen LogP contribution in [0.5, 0.6) is 0 Å². The Morgan fingerprint density at radius 3 is 2.50 bits per heavy atom. The summed E-state index contributed by atoms with van der Waals surface area (Å²) in [6.45, 7) is 1.44. The topological polar surface area (TPSA) is 91.1 Å². The van der Waals surface area contributed by atoms with E-state index < -0.39 is 17.6 Å². The Morgan fingerprint density at radius 2 is 1.73 bits per heavy atom. The molecule has 0 fully saturated rings. The van der Waals surface area contributed by atoms with Gasteiger partial charge in [-0.15, -0.1) is 0 Å². The van der Waals surface area contributed by atoms with Gasteiger partial charge in [0.25, 0.3) is 11.7 Å². The molecule has 0 aliphatic carbocycles. The molecule has 26 heavy (non-hydrogen) atoms. The van der Waals surface area contributed by atoms with Gasteiger partial charge in [-0.05, 0) is 41.1 Å². The van der Waals surface area contributed by atoms with Crippen LogP contribution in [0.1, 0.15) is 16.1 Å². The van der Waals surface area contributed by atoms with E-state index in [1.54, 1.807) is 37.3 Å². The zero-order valence-electron chi connectivity index (χ0n) is 13.9. The van der Waals surface area contributed by atoms with Gasteiger partial charge in [0, 0.05) is 21.1 Å². The lowest BCUT2D eigenvalue weighted by molar-refractivity contribution is -0.121. The van der Waals surface area contributed by atoms with Gasteiger partial charge in [0.1, 0.15) is 0 Å². The van der Waals surface area contributed by atoms with Crippen molar-refractivity contribution in [1.29, 1.82) is 0 Å². The van der Waals surface area contributed by atoms with Gasteiger partial charge in [0.15, 0.2) is 0 Å². The highest BCUT2D eigenvalue weighted by Gasteiger charge is 2.22. The van der Waals surface area contributed by atoms with Crippen molar-refractivity contribution < 1.29 is 14.4 Å². The number of Topliss-reactive ketones (excluding diaryl/α,β-unsaturated/α-hetero) is 1. The van der Waals surface area contributed by atoms with Crippen LogP contribution in [-0.2, 0) is 9.59 Å². The number of ketones is 1. The molecular weight excluding hydrogens is 398 g/mol. The number of halogens is 1. The molecule has 7 heteroatoms. The molecule has 0 atom stereocenters. The van der Waals surface area contributed by atoms with E-state index in [0.717, 1.165) is 9.99 Å². The highest BCUT2D eigenvalue weighted by Crippen LogP contribution is 2.22. The van der Waals surface area contributed by atoms with Gasteiger partial charge in [0.2, 0.25) is 5.91 Å². The van der Waals surface area contributed by atoms with Crippen molar-refractivity contribution in [2.24, 2.45) is 0 Å². The summed E-state index contributed by atoms with van der Waals surface area (Å²) in [6, 6.07) is 14.4. The number of H-pyrrole nitrogens is 1. The van der Waals surface area contributed by atoms with Gasteiger partial charge >= 0.3 is 0 Å². The van der Waals surface area contributed by atoms with Crippen molar-refractivity contribution in [3.63, 3.8) is 0 Å². The molecule has 6 nitrogen and oxygen atoms in total. The van der Waals surface area contributed by atoms with Crippen LogP contribution < -0.4 is 10.6 Å². The highest BCUT2D eigenvalue weighted by atomic mass is 79.9. The predicted molar refractivity (Wildman–Crippen MR) is 103 cm³/mol. The van der Waals surface area contributed by atoms with Crippen LogP contribution in [0.2, 0.25) is 0 Å². The molecule has 2 amide bonds. The van der Waals surface area contributed by atoms with Crippen LogP contribution in [0, 0.1) is 6.92 Å². The molecule has 0 radical (unpaired) electrons. The maximum atomic E-state index is 12.5. The van der Waals surface area contributed by atoms with Gasteiger partial charge in [-0.1, -0.05) is 30.3 Å². The molecule has 3 rings (SSSR count). The number of nitrogens with one attached hydrogen (secondary N) is 3. The number of anilines is 1. The van der Waals surface area contributed by atoms with Crippen molar-refractivity contribution in [2.75, 3.05) is 11.9 Å². The summed E-state index contributed by atoms with van der Waals surface area (Å²) in [5, 5.41) is 5.72. The first kappa shape index (κ1) is 17.9. The third kappa shape index (κ3) is 3.67. The minimum Gasteiger partial charge on any atom is -0.358 e. The number of aryl methyl sites for hydroxylation is 1. The third-order valence-corrected chi connectivity index (χ3v) is 4.58. The zero-order chi connectivity index (χ0) is 18.7. The fourth-order valence-electron chi connectivity index (χ4n) is 2.68. The Bertz CT molecular complexity index is 1010. The molecule has 3 N–H and O–H groups in total. The Morgan fingerprint density at radius 1 is 1.04 bits per heavy atom. The van der Waals surface area contributed by atoms with Gasteiger partial charge < -0.3 is 15.6 Å². The van der Waals surface area contributed by atoms with Gasteiger partial charge in [0.05, 0.1) is 17.8 Å². The number of fused-ring (bicyclic) bond motifs is 1. The van der Waals surface area contributed by atoms with Crippen molar-refractivity contribution in [3.05, 3.63) is 64.3 Å². The van der Waals surface area contributed by atoms with E-state index in [0.29, 0.717) is 22.3 Å². The lowest BCUT2D eigenvalue weighted by Gasteiger charge is -2.08. The van der Waals surface area contributed by atoms with Crippen molar-refractivity contribution in [3.8, 4) is 0 Å². The largest absolute Gasteiger partial charge is 0.358 e. The van der Waals surface area contributed by atoms with E-state index >= 15 is 0 Å². The molecule has 0 saturated carbocycles. The molecule has 0 bridgehead atoms. The molecule has 2 aromatic carbocycles. The number of para-hydroxylation sites is 2. The second kappa shape index (κ2) is 7.53. The number of aromatic nitrogens is 1. The highest BCUT2D eigenvalue weighted by molar-refractivity contribution is 9.10. The second-order valence-electron chi connectivity index (χ2n) is 5.71. The Labute approximate surface area is 158 Å². The smallest absolute Gasteiger partial charge is 0.292 e. The molecule has 1 aromatic heterocycles. The summed E-state index contributed by atoms with van der Waals surface area (Å²) in [7, 11) is 0. The molecule has 132 valence electrons. The van der Waals surface area contributed by atoms with Crippen LogP contribution in [0.15, 0.2) is 53.0 Å². The van der Waals surface area contributed by atoms with Gasteiger partial charge in [-0.3, -0.25) is 14.4 Å². The monoisotopic (exact) mass is 413 g/mol. The van der Waals surface area contributed by atoms with Crippen LogP contribution in [-0.4, -0.2) is 29.1 Å². The number of aromatic amines is 1. The molecular formula is C19H16BrN3O3. The fraction of sp³-hybridized carbons (Fsp3) is 0.105. The maximum absolute atomic E-state index is 12.5. The van der Waals surface area contributed by atoms with Crippen LogP contribution in [0.4, 0.5) is 5.69 Å². The van der Waals surface area contributed by atoms with E-state index in [4.69, 9.17) is 0 Å². The summed E-state index contributed by atoms with van der Waals surface area (Å²) in [5.41, 5.74) is 2.31. The maximum Gasteiger partial charge on any atom is 0.292 e. The average molecular weight is 414 g/mol. The minimum atomic E-state index is -0.819.